The molecule has 1 aliphatic rings. The van der Waals surface area contributed by atoms with Crippen LogP contribution in [0.4, 0.5) is 0 Å². The zero-order valence-corrected chi connectivity index (χ0v) is 11.2. The molecule has 94 valence electrons. The van der Waals surface area contributed by atoms with Crippen LogP contribution >= 0.6 is 0 Å². The van der Waals surface area contributed by atoms with Gasteiger partial charge in [0.05, 0.1) is 5.60 Å². The van der Waals surface area contributed by atoms with Crippen LogP contribution in [0, 0.1) is 0 Å². The van der Waals surface area contributed by atoms with Crippen molar-refractivity contribution in [3.63, 3.8) is 0 Å². The topological polar surface area (TPSA) is 21.3 Å². The summed E-state index contributed by atoms with van der Waals surface area (Å²) in [4.78, 5) is 0. The number of aryl methyl sites for hydroxylation is 1. The van der Waals surface area contributed by atoms with E-state index >= 15 is 0 Å². The smallest absolute Gasteiger partial charge is 0.0625 e. The Hall–Kier alpha value is -0.860. The minimum atomic E-state index is -0.0182. The number of hydrogen-bond acceptors (Lipinski definition) is 2. The molecule has 1 aliphatic heterocycles. The van der Waals surface area contributed by atoms with Gasteiger partial charge in [0.15, 0.2) is 0 Å². The molecule has 0 bridgehead atoms. The van der Waals surface area contributed by atoms with E-state index in [0.29, 0.717) is 0 Å². The van der Waals surface area contributed by atoms with Crippen LogP contribution in [0.2, 0.25) is 0 Å². The summed E-state index contributed by atoms with van der Waals surface area (Å²) in [5.41, 5.74) is 4.53. The van der Waals surface area contributed by atoms with Crippen molar-refractivity contribution >= 4 is 0 Å². The van der Waals surface area contributed by atoms with Crippen molar-refractivity contribution in [2.75, 3.05) is 13.7 Å². The van der Waals surface area contributed by atoms with Crippen LogP contribution < -0.4 is 5.32 Å². The molecule has 1 aromatic carbocycles. The standard InChI is InChI=1S/C15H23NO/c1-15(2,17-3)9-7-12-5-4-6-13-11-16-10-8-14(12)13/h4-6,16H,7-11H2,1-3H3. The van der Waals surface area contributed by atoms with E-state index in [9.17, 15) is 0 Å². The number of fused-ring (bicyclic) bond motifs is 1. The van der Waals surface area contributed by atoms with Gasteiger partial charge in [0.2, 0.25) is 0 Å². The Balaban J connectivity index is 2.11. The SMILES string of the molecule is COC(C)(C)CCc1cccc2c1CCNC2. The quantitative estimate of drug-likeness (QED) is 0.863. The Morgan fingerprint density at radius 1 is 1.35 bits per heavy atom. The largest absolute Gasteiger partial charge is 0.379 e. The summed E-state index contributed by atoms with van der Waals surface area (Å²) in [6.07, 6.45) is 3.36. The molecular weight excluding hydrogens is 210 g/mol. The summed E-state index contributed by atoms with van der Waals surface area (Å²) < 4.78 is 5.49. The molecule has 1 heterocycles. The second-order valence-corrected chi connectivity index (χ2v) is 5.45. The van der Waals surface area contributed by atoms with E-state index in [-0.39, 0.29) is 5.60 Å². The van der Waals surface area contributed by atoms with Crippen molar-refractivity contribution in [3.8, 4) is 0 Å². The van der Waals surface area contributed by atoms with Crippen molar-refractivity contribution < 1.29 is 4.74 Å². The van der Waals surface area contributed by atoms with E-state index in [4.69, 9.17) is 4.74 Å². The lowest BCUT2D eigenvalue weighted by atomic mass is 9.90. The Kier molecular flexibility index (Phi) is 3.85. The number of rotatable bonds is 4. The van der Waals surface area contributed by atoms with Crippen LogP contribution in [0.1, 0.15) is 37.0 Å². The van der Waals surface area contributed by atoms with E-state index in [2.05, 4.69) is 37.4 Å². The molecule has 0 fully saturated rings. The van der Waals surface area contributed by atoms with Crippen molar-refractivity contribution in [3.05, 3.63) is 34.9 Å². The van der Waals surface area contributed by atoms with Gasteiger partial charge >= 0.3 is 0 Å². The molecule has 2 nitrogen and oxygen atoms in total. The molecule has 0 saturated heterocycles. The number of nitrogens with one attached hydrogen (secondary N) is 1. The lowest BCUT2D eigenvalue weighted by Crippen LogP contribution is -2.26. The van der Waals surface area contributed by atoms with E-state index < -0.39 is 0 Å². The summed E-state index contributed by atoms with van der Waals surface area (Å²) in [5.74, 6) is 0. The first-order valence-electron chi connectivity index (χ1n) is 6.48. The fraction of sp³-hybridized carbons (Fsp3) is 0.600. The van der Waals surface area contributed by atoms with Crippen LogP contribution in [-0.2, 0) is 24.1 Å². The van der Waals surface area contributed by atoms with Gasteiger partial charge in [-0.2, -0.15) is 0 Å². The molecular formula is C15H23NO. The van der Waals surface area contributed by atoms with E-state index in [0.717, 1.165) is 25.9 Å². The summed E-state index contributed by atoms with van der Waals surface area (Å²) in [7, 11) is 1.80. The predicted molar refractivity (Wildman–Crippen MR) is 71.3 cm³/mol. The normalized spacial score (nSPS) is 15.7. The average Bonchev–Trinajstić information content (AvgIpc) is 2.36. The molecule has 0 aliphatic carbocycles. The highest BCUT2D eigenvalue weighted by Crippen LogP contribution is 2.23. The third-order valence-corrected chi connectivity index (χ3v) is 3.79. The monoisotopic (exact) mass is 233 g/mol. The maximum absolute atomic E-state index is 5.49. The third kappa shape index (κ3) is 3.08. The fourth-order valence-corrected chi connectivity index (χ4v) is 2.38. The minimum Gasteiger partial charge on any atom is -0.379 e. The van der Waals surface area contributed by atoms with E-state index in [1.807, 2.05) is 0 Å². The highest BCUT2D eigenvalue weighted by molar-refractivity contribution is 5.37. The lowest BCUT2D eigenvalue weighted by molar-refractivity contribution is 0.0157. The van der Waals surface area contributed by atoms with Gasteiger partial charge < -0.3 is 10.1 Å². The van der Waals surface area contributed by atoms with E-state index in [1.54, 1.807) is 12.7 Å². The molecule has 2 heteroatoms. The number of methoxy groups -OCH3 is 1. The number of ether oxygens (including phenoxy) is 1. The van der Waals surface area contributed by atoms with Crippen LogP contribution in [0.3, 0.4) is 0 Å². The Bertz CT molecular complexity index is 385. The second-order valence-electron chi connectivity index (χ2n) is 5.45. The average molecular weight is 233 g/mol. The van der Waals surface area contributed by atoms with Crippen molar-refractivity contribution in [1.82, 2.24) is 5.32 Å². The van der Waals surface area contributed by atoms with Gasteiger partial charge in [-0.25, -0.2) is 0 Å². The first-order valence-corrected chi connectivity index (χ1v) is 6.48. The summed E-state index contributed by atoms with van der Waals surface area (Å²) >= 11 is 0. The molecule has 2 rings (SSSR count). The van der Waals surface area contributed by atoms with Crippen LogP contribution in [0.5, 0.6) is 0 Å². The third-order valence-electron chi connectivity index (χ3n) is 3.79. The molecule has 0 saturated carbocycles. The summed E-state index contributed by atoms with van der Waals surface area (Å²) in [5, 5.41) is 3.43. The van der Waals surface area contributed by atoms with Gasteiger partial charge in [0.1, 0.15) is 0 Å². The van der Waals surface area contributed by atoms with Gasteiger partial charge in [0, 0.05) is 13.7 Å². The highest BCUT2D eigenvalue weighted by Gasteiger charge is 2.18. The minimum absolute atomic E-state index is 0.0182. The zero-order valence-electron chi connectivity index (χ0n) is 11.2. The fourth-order valence-electron chi connectivity index (χ4n) is 2.38. The van der Waals surface area contributed by atoms with Crippen molar-refractivity contribution in [2.45, 2.75) is 45.3 Å². The Morgan fingerprint density at radius 2 is 2.18 bits per heavy atom. The summed E-state index contributed by atoms with van der Waals surface area (Å²) in [6.45, 7) is 6.45. The molecule has 0 spiro atoms. The van der Waals surface area contributed by atoms with Gasteiger partial charge in [-0.05, 0) is 56.3 Å². The Morgan fingerprint density at radius 3 is 2.94 bits per heavy atom. The lowest BCUT2D eigenvalue weighted by Gasteiger charge is -2.25. The molecule has 0 aromatic heterocycles. The molecule has 0 amide bonds. The van der Waals surface area contributed by atoms with Gasteiger partial charge in [-0.1, -0.05) is 18.2 Å². The molecule has 1 aromatic rings. The van der Waals surface area contributed by atoms with Crippen LogP contribution in [-0.4, -0.2) is 19.3 Å². The first-order chi connectivity index (χ1) is 8.12. The zero-order chi connectivity index (χ0) is 12.3. The number of benzene rings is 1. The maximum atomic E-state index is 5.49. The van der Waals surface area contributed by atoms with Gasteiger partial charge in [0.25, 0.3) is 0 Å². The number of hydrogen-bond donors (Lipinski definition) is 1. The Labute approximate surface area is 104 Å². The van der Waals surface area contributed by atoms with Crippen LogP contribution in [0.25, 0.3) is 0 Å². The molecule has 0 atom stereocenters. The van der Waals surface area contributed by atoms with Gasteiger partial charge in [-0.3, -0.25) is 0 Å². The molecule has 1 N–H and O–H groups in total. The summed E-state index contributed by atoms with van der Waals surface area (Å²) in [6, 6.07) is 6.70. The molecule has 0 radical (unpaired) electrons. The maximum Gasteiger partial charge on any atom is 0.0625 e. The molecule has 17 heavy (non-hydrogen) atoms. The highest BCUT2D eigenvalue weighted by atomic mass is 16.5. The van der Waals surface area contributed by atoms with Crippen LogP contribution in [0.15, 0.2) is 18.2 Å². The van der Waals surface area contributed by atoms with Crippen molar-refractivity contribution in [1.29, 1.82) is 0 Å². The van der Waals surface area contributed by atoms with Gasteiger partial charge in [-0.15, -0.1) is 0 Å². The second kappa shape index (κ2) is 5.19. The molecule has 0 unspecified atom stereocenters. The predicted octanol–water partition coefficient (Wildman–Crippen LogP) is 2.69. The first kappa shape index (κ1) is 12.6. The van der Waals surface area contributed by atoms with Crippen molar-refractivity contribution in [2.24, 2.45) is 0 Å². The van der Waals surface area contributed by atoms with E-state index in [1.165, 1.54) is 17.5 Å².